The zero-order valence-electron chi connectivity index (χ0n) is 20.1. The number of sulfonamides is 1. The van der Waals surface area contributed by atoms with Crippen molar-refractivity contribution in [2.24, 2.45) is 5.10 Å². The number of halogens is 2. The number of hydrogen-bond acceptors (Lipinski definition) is 4. The number of hydrogen-bond donors (Lipinski definition) is 1. The highest BCUT2D eigenvalue weighted by Crippen LogP contribution is 2.24. The zero-order chi connectivity index (χ0) is 26.6. The number of amides is 1. The van der Waals surface area contributed by atoms with Crippen molar-refractivity contribution in [2.75, 3.05) is 10.8 Å². The molecule has 0 unspecified atom stereocenters. The lowest BCUT2D eigenvalue weighted by molar-refractivity contribution is -0.119. The first-order valence-electron chi connectivity index (χ1n) is 11.3. The van der Waals surface area contributed by atoms with Crippen LogP contribution in [0.5, 0.6) is 0 Å². The number of anilines is 1. The van der Waals surface area contributed by atoms with E-state index in [1.807, 2.05) is 6.92 Å². The summed E-state index contributed by atoms with van der Waals surface area (Å²) in [6, 6.07) is 20.6. The van der Waals surface area contributed by atoms with E-state index in [1.165, 1.54) is 36.5 Å². The van der Waals surface area contributed by atoms with E-state index in [0.717, 1.165) is 22.1 Å². The molecule has 1 heterocycles. The molecule has 0 saturated heterocycles. The Morgan fingerprint density at radius 1 is 0.973 bits per heavy atom. The molecule has 0 spiro atoms. The minimum Gasteiger partial charge on any atom is -0.315 e. The second-order valence-corrected chi connectivity index (χ2v) is 10.1. The Hall–Kier alpha value is -4.31. The van der Waals surface area contributed by atoms with Gasteiger partial charge in [-0.1, -0.05) is 30.3 Å². The van der Waals surface area contributed by atoms with Gasteiger partial charge in [0.1, 0.15) is 18.2 Å². The Labute approximate surface area is 213 Å². The quantitative estimate of drug-likeness (QED) is 0.269. The molecule has 10 heteroatoms. The van der Waals surface area contributed by atoms with Gasteiger partial charge in [0.15, 0.2) is 0 Å². The summed E-state index contributed by atoms with van der Waals surface area (Å²) in [4.78, 5) is 12.7. The zero-order valence-corrected chi connectivity index (χ0v) is 20.9. The number of carbonyl (C=O) groups is 1. The highest BCUT2D eigenvalue weighted by atomic mass is 32.2. The molecule has 0 saturated carbocycles. The molecular weight excluding hydrogens is 498 g/mol. The molecule has 4 aromatic rings. The third-order valence-electron chi connectivity index (χ3n) is 5.69. The Morgan fingerprint density at radius 2 is 1.62 bits per heavy atom. The van der Waals surface area contributed by atoms with Crippen molar-refractivity contribution in [2.45, 2.75) is 18.7 Å². The third kappa shape index (κ3) is 5.59. The fourth-order valence-electron chi connectivity index (χ4n) is 3.90. The molecule has 1 aromatic heterocycles. The van der Waals surface area contributed by atoms with Gasteiger partial charge in [-0.25, -0.2) is 22.6 Å². The Balaban J connectivity index is 1.55. The van der Waals surface area contributed by atoms with Crippen molar-refractivity contribution < 1.29 is 22.0 Å². The Bertz CT molecular complexity index is 1550. The molecule has 0 fully saturated rings. The van der Waals surface area contributed by atoms with Gasteiger partial charge >= 0.3 is 0 Å². The second kappa shape index (κ2) is 10.8. The third-order valence-corrected chi connectivity index (χ3v) is 7.48. The SMILES string of the molecule is Cc1cc(/C=N\NC(=O)CN(c2ccc(F)cc2)S(=O)(=O)c2ccccc2)c(C)n1-c1ccccc1F. The molecule has 1 amide bonds. The van der Waals surface area contributed by atoms with Crippen LogP contribution in [-0.2, 0) is 14.8 Å². The van der Waals surface area contributed by atoms with E-state index in [2.05, 4.69) is 10.5 Å². The van der Waals surface area contributed by atoms with Gasteiger partial charge in [0, 0.05) is 17.0 Å². The molecule has 0 aliphatic heterocycles. The minimum absolute atomic E-state index is 0.0174. The van der Waals surface area contributed by atoms with E-state index in [1.54, 1.807) is 54.0 Å². The summed E-state index contributed by atoms with van der Waals surface area (Å²) >= 11 is 0. The van der Waals surface area contributed by atoms with Crippen LogP contribution in [0.4, 0.5) is 14.5 Å². The van der Waals surface area contributed by atoms with Crippen LogP contribution in [0.1, 0.15) is 17.0 Å². The monoisotopic (exact) mass is 522 g/mol. The first-order chi connectivity index (χ1) is 17.7. The smallest absolute Gasteiger partial charge is 0.264 e. The lowest BCUT2D eigenvalue weighted by atomic mass is 10.2. The van der Waals surface area contributed by atoms with E-state index >= 15 is 0 Å². The van der Waals surface area contributed by atoms with Crippen molar-refractivity contribution in [3.8, 4) is 5.69 Å². The lowest BCUT2D eigenvalue weighted by Gasteiger charge is -2.23. The first kappa shape index (κ1) is 25.8. The molecular formula is C27H24F2N4O3S. The van der Waals surface area contributed by atoms with Crippen LogP contribution in [0.15, 0.2) is 94.9 Å². The Kier molecular flexibility index (Phi) is 7.49. The minimum atomic E-state index is -4.12. The topological polar surface area (TPSA) is 83.8 Å². The van der Waals surface area contributed by atoms with Crippen LogP contribution in [0, 0.1) is 25.5 Å². The van der Waals surface area contributed by atoms with Gasteiger partial charge in [-0.2, -0.15) is 5.10 Å². The number of carbonyl (C=O) groups excluding carboxylic acids is 1. The van der Waals surface area contributed by atoms with E-state index < -0.39 is 28.3 Å². The van der Waals surface area contributed by atoms with E-state index in [0.29, 0.717) is 16.9 Å². The van der Waals surface area contributed by atoms with Gasteiger partial charge in [0.05, 0.1) is 22.5 Å². The predicted octanol–water partition coefficient (Wildman–Crippen LogP) is 4.72. The highest BCUT2D eigenvalue weighted by molar-refractivity contribution is 7.92. The number of nitrogens with one attached hydrogen (secondary N) is 1. The molecule has 0 aliphatic carbocycles. The summed E-state index contributed by atoms with van der Waals surface area (Å²) in [5.74, 6) is -1.62. The van der Waals surface area contributed by atoms with Gasteiger partial charge in [0.2, 0.25) is 0 Å². The molecule has 4 rings (SSSR count). The van der Waals surface area contributed by atoms with Crippen LogP contribution in [-0.4, -0.2) is 31.7 Å². The number of aryl methyl sites for hydroxylation is 1. The molecule has 0 radical (unpaired) electrons. The molecule has 0 aliphatic rings. The fourth-order valence-corrected chi connectivity index (χ4v) is 5.35. The van der Waals surface area contributed by atoms with Gasteiger partial charge < -0.3 is 4.57 Å². The average molecular weight is 523 g/mol. The maximum Gasteiger partial charge on any atom is 0.264 e. The molecule has 3 aromatic carbocycles. The van der Waals surface area contributed by atoms with Gasteiger partial charge in [-0.3, -0.25) is 9.10 Å². The maximum absolute atomic E-state index is 14.3. The number of rotatable bonds is 8. The van der Waals surface area contributed by atoms with Crippen LogP contribution < -0.4 is 9.73 Å². The van der Waals surface area contributed by atoms with Crippen LogP contribution >= 0.6 is 0 Å². The molecule has 0 atom stereocenters. The van der Waals surface area contributed by atoms with Crippen molar-refractivity contribution in [3.05, 3.63) is 114 Å². The van der Waals surface area contributed by atoms with Crippen LogP contribution in [0.2, 0.25) is 0 Å². The summed E-state index contributed by atoms with van der Waals surface area (Å²) in [7, 11) is -4.12. The highest BCUT2D eigenvalue weighted by Gasteiger charge is 2.27. The van der Waals surface area contributed by atoms with Crippen molar-refractivity contribution in [1.29, 1.82) is 0 Å². The van der Waals surface area contributed by atoms with E-state index in [-0.39, 0.29) is 16.4 Å². The molecule has 0 bridgehead atoms. The summed E-state index contributed by atoms with van der Waals surface area (Å²) < 4.78 is 57.0. The normalized spacial score (nSPS) is 11.6. The number of benzene rings is 3. The molecule has 1 N–H and O–H groups in total. The molecule has 7 nitrogen and oxygen atoms in total. The van der Waals surface area contributed by atoms with E-state index in [4.69, 9.17) is 0 Å². The van der Waals surface area contributed by atoms with Crippen LogP contribution in [0.3, 0.4) is 0 Å². The fraction of sp³-hybridized carbons (Fsp3) is 0.111. The Morgan fingerprint density at radius 3 is 2.30 bits per heavy atom. The van der Waals surface area contributed by atoms with Crippen molar-refractivity contribution in [3.63, 3.8) is 0 Å². The van der Waals surface area contributed by atoms with Crippen molar-refractivity contribution in [1.82, 2.24) is 9.99 Å². The predicted molar refractivity (Wildman–Crippen MR) is 138 cm³/mol. The summed E-state index contributed by atoms with van der Waals surface area (Å²) in [5.41, 5.74) is 4.98. The first-order valence-corrected chi connectivity index (χ1v) is 12.7. The largest absolute Gasteiger partial charge is 0.315 e. The van der Waals surface area contributed by atoms with Gasteiger partial charge in [0.25, 0.3) is 15.9 Å². The van der Waals surface area contributed by atoms with Gasteiger partial charge in [-0.05, 0) is 68.4 Å². The number of para-hydroxylation sites is 1. The average Bonchev–Trinajstić information content (AvgIpc) is 3.16. The maximum atomic E-state index is 14.3. The molecule has 37 heavy (non-hydrogen) atoms. The summed E-state index contributed by atoms with van der Waals surface area (Å²) in [6.45, 7) is 3.03. The summed E-state index contributed by atoms with van der Waals surface area (Å²) in [6.07, 6.45) is 1.41. The van der Waals surface area contributed by atoms with E-state index in [9.17, 15) is 22.0 Å². The van der Waals surface area contributed by atoms with Gasteiger partial charge in [-0.15, -0.1) is 0 Å². The van der Waals surface area contributed by atoms with Crippen molar-refractivity contribution >= 4 is 27.8 Å². The lowest BCUT2D eigenvalue weighted by Crippen LogP contribution is -2.39. The molecule has 190 valence electrons. The number of nitrogens with zero attached hydrogens (tertiary/aromatic N) is 3. The standard InChI is InChI=1S/C27H24F2N4O3S/c1-19-16-21(20(2)33(19)26-11-7-6-10-25(26)29)17-30-31-27(34)18-32(23-14-12-22(28)13-15-23)37(35,36)24-8-4-3-5-9-24/h3-17H,18H2,1-2H3,(H,31,34)/b30-17-. The van der Waals surface area contributed by atoms with Crippen LogP contribution in [0.25, 0.3) is 5.69 Å². The number of aromatic nitrogens is 1. The number of hydrazone groups is 1. The summed E-state index contributed by atoms with van der Waals surface area (Å²) in [5, 5.41) is 3.98. The second-order valence-electron chi connectivity index (χ2n) is 8.21.